The van der Waals surface area contributed by atoms with E-state index in [2.05, 4.69) is 130 Å². The van der Waals surface area contributed by atoms with Gasteiger partial charge in [-0.2, -0.15) is 0 Å². The van der Waals surface area contributed by atoms with Gasteiger partial charge < -0.3 is 0 Å². The van der Waals surface area contributed by atoms with Crippen LogP contribution in [0.1, 0.15) is 24.6 Å². The molecule has 3 heteroatoms. The van der Waals surface area contributed by atoms with Crippen LogP contribution in [0.25, 0.3) is 11.1 Å². The summed E-state index contributed by atoms with van der Waals surface area (Å²) in [7, 11) is 0. The molecule has 2 atom stereocenters. The van der Waals surface area contributed by atoms with Crippen molar-refractivity contribution in [3.05, 3.63) is 124 Å². The van der Waals surface area contributed by atoms with Crippen LogP contribution in [0, 0.1) is 0 Å². The van der Waals surface area contributed by atoms with E-state index < -0.39 is 21.2 Å². The van der Waals surface area contributed by atoms with Crippen molar-refractivity contribution < 1.29 is 0 Å². The number of hydrogen-bond acceptors (Lipinski definition) is 2. The van der Waals surface area contributed by atoms with Crippen molar-refractivity contribution in [2.75, 3.05) is 10.2 Å². The Balaban J connectivity index is 1.46. The van der Waals surface area contributed by atoms with Gasteiger partial charge in [0.25, 0.3) is 0 Å². The van der Waals surface area contributed by atoms with Crippen molar-refractivity contribution in [3.8, 4) is 11.1 Å². The van der Waals surface area contributed by atoms with Gasteiger partial charge in [-0.25, -0.2) is 0 Å². The van der Waals surface area contributed by atoms with Crippen molar-refractivity contribution in [1.29, 1.82) is 0 Å². The number of anilines is 3. The monoisotopic (exact) mass is 648 g/mol. The number of hydrogen-bond donors (Lipinski definition) is 1. The summed E-state index contributed by atoms with van der Waals surface area (Å²) in [5, 5.41) is 3.78. The molecule has 0 radical (unpaired) electrons. The summed E-state index contributed by atoms with van der Waals surface area (Å²) < 4.78 is 7.45. The van der Waals surface area contributed by atoms with E-state index in [1.54, 1.807) is 9.38 Å². The molecule has 0 amide bonds. The van der Waals surface area contributed by atoms with E-state index >= 15 is 0 Å². The van der Waals surface area contributed by atoms with E-state index in [1.165, 1.54) is 40.2 Å². The molecule has 2 nitrogen and oxygen atoms in total. The third-order valence-electron chi connectivity index (χ3n) is 8.10. The van der Waals surface area contributed by atoms with Gasteiger partial charge in [0.1, 0.15) is 0 Å². The Bertz CT molecular complexity index is 1500. The zero-order valence-electron chi connectivity index (χ0n) is 19.9. The van der Waals surface area contributed by atoms with E-state index in [0.29, 0.717) is 0 Å². The minimum atomic E-state index is -3.27. The van der Waals surface area contributed by atoms with Crippen LogP contribution in [-0.4, -0.2) is 21.2 Å². The van der Waals surface area contributed by atoms with E-state index in [1.807, 2.05) is 0 Å². The Morgan fingerprint density at radius 1 is 0.771 bits per heavy atom. The molecule has 0 saturated heterocycles. The number of allylic oxidation sites excluding steroid dienone is 4. The maximum atomic E-state index is 3.78. The zero-order chi connectivity index (χ0) is 23.4. The molecule has 1 aliphatic carbocycles. The van der Waals surface area contributed by atoms with Crippen LogP contribution >= 0.6 is 0 Å². The second kappa shape index (κ2) is 8.23. The standard InChI is InChI=1S/C19H13N2.C6H7.C6H5.CH3.Pb/c1-2-9-15-13(7-1)14-8-3-5-11-17(14)21-18-12-6-4-10-16(18)20-19(15)21;2*1-2-4-6-5-3-1;;/h1-2,4-12,19-20H;1-3H,4,6H2;1-5H;1H3;. The quantitative estimate of drug-likeness (QED) is 0.243. The summed E-state index contributed by atoms with van der Waals surface area (Å²) in [5.41, 5.74) is 7.84. The van der Waals surface area contributed by atoms with Crippen LogP contribution in [0.5, 0.6) is 0 Å². The maximum absolute atomic E-state index is 3.78. The minimum absolute atomic E-state index is 0.137. The van der Waals surface area contributed by atoms with Crippen LogP contribution in [0.4, 0.5) is 17.1 Å². The second-order valence-electron chi connectivity index (χ2n) is 9.90. The molecule has 0 saturated carbocycles. The van der Waals surface area contributed by atoms with E-state index in [0.717, 1.165) is 6.42 Å². The first kappa shape index (κ1) is 21.2. The molecule has 4 aromatic carbocycles. The van der Waals surface area contributed by atoms with Gasteiger partial charge in [0.15, 0.2) is 0 Å². The summed E-state index contributed by atoms with van der Waals surface area (Å²) in [6, 6.07) is 36.4. The van der Waals surface area contributed by atoms with Gasteiger partial charge in [0.2, 0.25) is 0 Å². The third kappa shape index (κ3) is 3.19. The Kier molecular flexibility index (Phi) is 4.98. The fourth-order valence-corrected chi connectivity index (χ4v) is 21.2. The van der Waals surface area contributed by atoms with Gasteiger partial charge in [-0.05, 0) is 0 Å². The first-order chi connectivity index (χ1) is 17.2. The van der Waals surface area contributed by atoms with Gasteiger partial charge in [-0.3, -0.25) is 0 Å². The third-order valence-corrected chi connectivity index (χ3v) is 26.2. The molecule has 0 spiro atoms. The van der Waals surface area contributed by atoms with Crippen molar-refractivity contribution in [3.63, 3.8) is 0 Å². The van der Waals surface area contributed by atoms with Crippen LogP contribution in [0.2, 0.25) is 4.48 Å². The van der Waals surface area contributed by atoms with E-state index in [9.17, 15) is 0 Å². The summed E-state index contributed by atoms with van der Waals surface area (Å²) in [4.78, 5) is 2.50. The number of rotatable bonds is 3. The van der Waals surface area contributed by atoms with Crippen molar-refractivity contribution in [1.82, 2.24) is 0 Å². The topological polar surface area (TPSA) is 15.3 Å². The van der Waals surface area contributed by atoms with Gasteiger partial charge in [0, 0.05) is 0 Å². The molecule has 2 heterocycles. The number of benzene rings is 4. The van der Waals surface area contributed by atoms with Crippen LogP contribution in [-0.2, 0) is 0 Å². The SMILES string of the molecule is [CH3][Pb]([C]1=CC=CCC1)([c]1ccccc1)[c]1ccc2c(c1)-c1ccccc1C1Nc3ccccc3N21. The summed E-state index contributed by atoms with van der Waals surface area (Å²) in [6.45, 7) is 0. The van der Waals surface area contributed by atoms with Crippen molar-refractivity contribution >= 4 is 44.5 Å². The Labute approximate surface area is 212 Å². The summed E-state index contributed by atoms with van der Waals surface area (Å²) in [5.74, 6) is 0. The number of nitrogens with zero attached hydrogens (tertiary/aromatic N) is 1. The average Bonchev–Trinajstić information content (AvgIpc) is 3.33. The van der Waals surface area contributed by atoms with Gasteiger partial charge >= 0.3 is 213 Å². The van der Waals surface area contributed by atoms with Gasteiger partial charge in [-0.1, -0.05) is 0 Å². The van der Waals surface area contributed by atoms with E-state index in [-0.39, 0.29) is 6.17 Å². The van der Waals surface area contributed by atoms with E-state index in [4.69, 9.17) is 0 Å². The molecule has 3 aliphatic rings. The zero-order valence-corrected chi connectivity index (χ0v) is 23.8. The van der Waals surface area contributed by atoms with Crippen molar-refractivity contribution in [2.24, 2.45) is 0 Å². The van der Waals surface area contributed by atoms with Gasteiger partial charge in [-0.15, -0.1) is 0 Å². The number of fused-ring (bicyclic) bond motifs is 8. The number of para-hydroxylation sites is 2. The molecule has 0 bridgehead atoms. The molecule has 2 aliphatic heterocycles. The molecule has 0 aromatic heterocycles. The first-order valence-electron chi connectivity index (χ1n) is 12.6. The van der Waals surface area contributed by atoms with Gasteiger partial charge in [0.05, 0.1) is 0 Å². The molecule has 4 aromatic rings. The molecule has 35 heavy (non-hydrogen) atoms. The summed E-state index contributed by atoms with van der Waals surface area (Å²) >= 11 is -3.27. The Morgan fingerprint density at radius 2 is 1.57 bits per heavy atom. The van der Waals surface area contributed by atoms with Crippen LogP contribution < -0.4 is 16.5 Å². The normalized spacial score (nSPS) is 18.9. The summed E-state index contributed by atoms with van der Waals surface area (Å²) in [6.07, 6.45) is 9.50. The van der Waals surface area contributed by atoms with Crippen LogP contribution in [0.3, 0.4) is 0 Å². The second-order valence-corrected chi connectivity index (χ2v) is 25.6. The fourth-order valence-electron chi connectivity index (χ4n) is 6.22. The Morgan fingerprint density at radius 3 is 2.43 bits per heavy atom. The molecule has 0 fully saturated rings. The average molecular weight is 648 g/mol. The molecular weight excluding hydrogens is 620 g/mol. The van der Waals surface area contributed by atoms with Crippen LogP contribution in [0.15, 0.2) is 118 Å². The first-order valence-corrected chi connectivity index (χ1v) is 22.3. The predicted molar refractivity (Wildman–Crippen MR) is 151 cm³/mol. The molecule has 2 unspecified atom stereocenters. The molecule has 7 rings (SSSR count). The molecule has 170 valence electrons. The Hall–Kier alpha value is -3.12. The molecular formula is C32H28N2Pb. The molecule has 1 N–H and O–H groups in total. The fraction of sp³-hybridized carbons (Fsp3) is 0.125. The van der Waals surface area contributed by atoms with Crippen molar-refractivity contribution in [2.45, 2.75) is 23.5 Å². The predicted octanol–water partition coefficient (Wildman–Crippen LogP) is 6.94. The number of nitrogens with one attached hydrogen (secondary N) is 1.